The maximum absolute atomic E-state index is 10.3. The fraction of sp³-hybridized carbons (Fsp3) is 0.647. The average molecular weight is 295 g/mol. The molecule has 0 heterocycles. The van der Waals surface area contributed by atoms with Crippen molar-refractivity contribution in [3.63, 3.8) is 0 Å². The number of thioether (sulfide) groups is 1. The summed E-state index contributed by atoms with van der Waals surface area (Å²) in [4.78, 5) is 3.67. The standard InChI is InChI=1S/C17H29NOS/c1-6-18(17(3,4)5)13-12-16(19)14-8-10-15(11-9-14)20-7-2/h8-11,16,19H,6-7,12-13H2,1-5H3. The Labute approximate surface area is 128 Å². The molecule has 0 amide bonds. The minimum absolute atomic E-state index is 0.163. The van der Waals surface area contributed by atoms with E-state index in [0.29, 0.717) is 0 Å². The molecule has 20 heavy (non-hydrogen) atoms. The lowest BCUT2D eigenvalue weighted by Gasteiger charge is -2.35. The molecule has 3 heteroatoms. The van der Waals surface area contributed by atoms with Crippen LogP contribution in [0, 0.1) is 0 Å². The molecular formula is C17H29NOS. The van der Waals surface area contributed by atoms with Crippen molar-refractivity contribution in [1.29, 1.82) is 0 Å². The van der Waals surface area contributed by atoms with Crippen LogP contribution in [0.5, 0.6) is 0 Å². The number of hydrogen-bond acceptors (Lipinski definition) is 3. The number of nitrogens with zero attached hydrogens (tertiary/aromatic N) is 1. The first-order valence-corrected chi connectivity index (χ1v) is 8.53. The van der Waals surface area contributed by atoms with Gasteiger partial charge >= 0.3 is 0 Å². The minimum atomic E-state index is -0.368. The molecule has 1 aromatic rings. The predicted octanol–water partition coefficient (Wildman–Crippen LogP) is 4.34. The topological polar surface area (TPSA) is 23.5 Å². The Morgan fingerprint density at radius 2 is 1.75 bits per heavy atom. The van der Waals surface area contributed by atoms with Crippen LogP contribution in [0.3, 0.4) is 0 Å². The van der Waals surface area contributed by atoms with E-state index in [2.05, 4.69) is 63.8 Å². The first-order valence-electron chi connectivity index (χ1n) is 7.54. The lowest BCUT2D eigenvalue weighted by Crippen LogP contribution is -2.42. The molecule has 0 aliphatic heterocycles. The number of aliphatic hydroxyl groups is 1. The molecule has 0 aromatic heterocycles. The third-order valence-corrected chi connectivity index (χ3v) is 4.47. The van der Waals surface area contributed by atoms with Gasteiger partial charge in [-0.05, 0) is 57.2 Å². The monoisotopic (exact) mass is 295 g/mol. The third kappa shape index (κ3) is 5.47. The predicted molar refractivity (Wildman–Crippen MR) is 89.4 cm³/mol. The summed E-state index contributed by atoms with van der Waals surface area (Å²) in [5.41, 5.74) is 1.19. The van der Waals surface area contributed by atoms with E-state index >= 15 is 0 Å². The average Bonchev–Trinajstić information content (AvgIpc) is 2.39. The fourth-order valence-corrected chi connectivity index (χ4v) is 3.03. The molecule has 1 aromatic carbocycles. The van der Waals surface area contributed by atoms with E-state index in [1.54, 1.807) is 0 Å². The zero-order chi connectivity index (χ0) is 15.2. The van der Waals surface area contributed by atoms with E-state index in [1.165, 1.54) is 4.90 Å². The van der Waals surface area contributed by atoms with Gasteiger partial charge in [0.25, 0.3) is 0 Å². The quantitative estimate of drug-likeness (QED) is 0.757. The highest BCUT2D eigenvalue weighted by molar-refractivity contribution is 7.99. The van der Waals surface area contributed by atoms with Crippen molar-refractivity contribution >= 4 is 11.8 Å². The molecule has 0 radical (unpaired) electrons. The van der Waals surface area contributed by atoms with Crippen LogP contribution in [-0.4, -0.2) is 34.4 Å². The molecule has 0 spiro atoms. The zero-order valence-corrected chi connectivity index (χ0v) is 14.3. The molecule has 0 aliphatic carbocycles. The van der Waals surface area contributed by atoms with Crippen LogP contribution < -0.4 is 0 Å². The van der Waals surface area contributed by atoms with Crippen molar-refractivity contribution in [2.24, 2.45) is 0 Å². The van der Waals surface area contributed by atoms with Crippen molar-refractivity contribution in [3.8, 4) is 0 Å². The summed E-state index contributed by atoms with van der Waals surface area (Å²) in [5, 5.41) is 10.3. The number of benzene rings is 1. The molecule has 0 aliphatic rings. The molecule has 0 bridgehead atoms. The molecule has 114 valence electrons. The lowest BCUT2D eigenvalue weighted by atomic mass is 10.0. The SMILES string of the molecule is CCSc1ccc(C(O)CCN(CC)C(C)(C)C)cc1. The van der Waals surface area contributed by atoms with E-state index in [1.807, 2.05) is 11.8 Å². The first kappa shape index (κ1) is 17.5. The van der Waals surface area contributed by atoms with Crippen molar-refractivity contribution in [2.75, 3.05) is 18.8 Å². The van der Waals surface area contributed by atoms with Crippen molar-refractivity contribution in [1.82, 2.24) is 4.90 Å². The van der Waals surface area contributed by atoms with Gasteiger partial charge < -0.3 is 5.11 Å². The van der Waals surface area contributed by atoms with Gasteiger partial charge in [-0.2, -0.15) is 0 Å². The van der Waals surface area contributed by atoms with Crippen LogP contribution in [-0.2, 0) is 0 Å². The molecule has 1 atom stereocenters. The van der Waals surface area contributed by atoms with Gasteiger partial charge in [0.2, 0.25) is 0 Å². The second-order valence-corrected chi connectivity index (χ2v) is 7.39. The van der Waals surface area contributed by atoms with E-state index in [-0.39, 0.29) is 11.6 Å². The minimum Gasteiger partial charge on any atom is -0.388 e. The molecule has 1 N–H and O–H groups in total. The largest absolute Gasteiger partial charge is 0.388 e. The van der Waals surface area contributed by atoms with Crippen molar-refractivity contribution in [2.45, 2.75) is 57.6 Å². The summed E-state index contributed by atoms with van der Waals surface area (Å²) in [6.07, 6.45) is 0.415. The molecule has 0 saturated carbocycles. The van der Waals surface area contributed by atoms with Crippen LogP contribution in [0.2, 0.25) is 0 Å². The molecule has 0 fully saturated rings. The van der Waals surface area contributed by atoms with E-state index in [4.69, 9.17) is 0 Å². The Balaban J connectivity index is 2.55. The van der Waals surface area contributed by atoms with Gasteiger partial charge in [-0.3, -0.25) is 4.90 Å². The van der Waals surface area contributed by atoms with E-state index in [0.717, 1.165) is 30.8 Å². The maximum Gasteiger partial charge on any atom is 0.0802 e. The van der Waals surface area contributed by atoms with Crippen molar-refractivity contribution in [3.05, 3.63) is 29.8 Å². The van der Waals surface area contributed by atoms with E-state index in [9.17, 15) is 5.11 Å². The van der Waals surface area contributed by atoms with Gasteiger partial charge in [-0.1, -0.05) is 26.0 Å². The highest BCUT2D eigenvalue weighted by atomic mass is 32.2. The van der Waals surface area contributed by atoms with Gasteiger partial charge in [0.1, 0.15) is 0 Å². The molecule has 0 saturated heterocycles. The fourth-order valence-electron chi connectivity index (χ4n) is 2.37. The maximum atomic E-state index is 10.3. The van der Waals surface area contributed by atoms with Gasteiger partial charge in [-0.25, -0.2) is 0 Å². The highest BCUT2D eigenvalue weighted by Gasteiger charge is 2.20. The first-order chi connectivity index (χ1) is 9.38. The molecule has 2 nitrogen and oxygen atoms in total. The second kappa shape index (κ2) is 8.06. The van der Waals surface area contributed by atoms with E-state index < -0.39 is 0 Å². The van der Waals surface area contributed by atoms with Crippen LogP contribution in [0.25, 0.3) is 0 Å². The Morgan fingerprint density at radius 1 is 1.15 bits per heavy atom. The van der Waals surface area contributed by atoms with Crippen LogP contribution >= 0.6 is 11.8 Å². The highest BCUT2D eigenvalue weighted by Crippen LogP contribution is 2.23. The van der Waals surface area contributed by atoms with Crippen LogP contribution in [0.4, 0.5) is 0 Å². The summed E-state index contributed by atoms with van der Waals surface area (Å²) < 4.78 is 0. The lowest BCUT2D eigenvalue weighted by molar-refractivity contribution is 0.0997. The van der Waals surface area contributed by atoms with Gasteiger partial charge in [-0.15, -0.1) is 11.8 Å². The Hall–Kier alpha value is -0.510. The van der Waals surface area contributed by atoms with Gasteiger partial charge in [0.05, 0.1) is 6.10 Å². The summed E-state index contributed by atoms with van der Waals surface area (Å²) in [6, 6.07) is 8.31. The zero-order valence-electron chi connectivity index (χ0n) is 13.5. The van der Waals surface area contributed by atoms with Crippen LogP contribution in [0.15, 0.2) is 29.2 Å². The normalized spacial score (nSPS) is 13.8. The molecule has 1 unspecified atom stereocenters. The molecular weight excluding hydrogens is 266 g/mol. The molecule has 1 rings (SSSR count). The number of hydrogen-bond donors (Lipinski definition) is 1. The smallest absolute Gasteiger partial charge is 0.0802 e. The summed E-state index contributed by atoms with van der Waals surface area (Å²) >= 11 is 1.83. The second-order valence-electron chi connectivity index (χ2n) is 6.06. The Kier molecular flexibility index (Phi) is 7.07. The Bertz CT molecular complexity index is 383. The Morgan fingerprint density at radius 3 is 2.20 bits per heavy atom. The summed E-state index contributed by atoms with van der Waals surface area (Å²) in [5.74, 6) is 1.08. The van der Waals surface area contributed by atoms with Crippen LogP contribution in [0.1, 0.15) is 52.7 Å². The summed E-state index contributed by atoms with van der Waals surface area (Å²) in [7, 11) is 0. The third-order valence-electron chi connectivity index (χ3n) is 3.58. The van der Waals surface area contributed by atoms with Crippen molar-refractivity contribution < 1.29 is 5.11 Å². The number of aliphatic hydroxyl groups excluding tert-OH is 1. The van der Waals surface area contributed by atoms with Gasteiger partial charge in [0.15, 0.2) is 0 Å². The summed E-state index contributed by atoms with van der Waals surface area (Å²) in [6.45, 7) is 12.9. The van der Waals surface area contributed by atoms with Gasteiger partial charge in [0, 0.05) is 17.0 Å². The number of rotatable bonds is 7.